The number of hydrogen-bond donors (Lipinski definition) is 2. The lowest BCUT2D eigenvalue weighted by Crippen LogP contribution is -2.28. The van der Waals surface area contributed by atoms with Crippen molar-refractivity contribution in [3.05, 3.63) is 0 Å². The standard InChI is InChI=1S/C8H17O7PS/c1-6-3-4-7(15-6)5-14-8(16(9,10)11)17(2,12)13/h6-8H,3-5H2,1-2H3,(H2,9,10,11)/t6-,7-,8?/m0/s1. The summed E-state index contributed by atoms with van der Waals surface area (Å²) in [6.45, 7) is 1.74. The normalized spacial score (nSPS) is 28.2. The Kier molecular flexibility index (Phi) is 4.73. The van der Waals surface area contributed by atoms with Crippen LogP contribution in [0.5, 0.6) is 0 Å². The van der Waals surface area contributed by atoms with Gasteiger partial charge in [-0.05, 0) is 19.8 Å². The maximum absolute atomic E-state index is 11.2. The summed E-state index contributed by atoms with van der Waals surface area (Å²) in [6, 6.07) is 0. The average molecular weight is 288 g/mol. The third-order valence-corrected chi connectivity index (χ3v) is 5.93. The van der Waals surface area contributed by atoms with E-state index in [-0.39, 0.29) is 18.8 Å². The highest BCUT2D eigenvalue weighted by atomic mass is 32.2. The summed E-state index contributed by atoms with van der Waals surface area (Å²) in [7, 11) is -8.80. The lowest BCUT2D eigenvalue weighted by Gasteiger charge is -2.19. The minimum atomic E-state index is -4.84. The third kappa shape index (κ3) is 4.65. The van der Waals surface area contributed by atoms with Gasteiger partial charge in [-0.3, -0.25) is 4.57 Å². The molecule has 0 aromatic rings. The summed E-state index contributed by atoms with van der Waals surface area (Å²) in [6.07, 6.45) is 2.01. The highest BCUT2D eigenvalue weighted by Gasteiger charge is 2.39. The van der Waals surface area contributed by atoms with Gasteiger partial charge in [0.1, 0.15) is 0 Å². The molecular formula is C8H17O7PS. The molecule has 0 aliphatic carbocycles. The molecule has 7 nitrogen and oxygen atoms in total. The summed E-state index contributed by atoms with van der Waals surface area (Å²) in [4.78, 5) is 17.8. The van der Waals surface area contributed by atoms with Gasteiger partial charge in [-0.25, -0.2) is 8.42 Å². The Morgan fingerprint density at radius 2 is 2.06 bits per heavy atom. The molecule has 3 atom stereocenters. The molecular weight excluding hydrogens is 271 g/mol. The fourth-order valence-electron chi connectivity index (χ4n) is 1.67. The largest absolute Gasteiger partial charge is 0.373 e. The molecule has 0 amide bonds. The summed E-state index contributed by atoms with van der Waals surface area (Å²) < 4.78 is 43.6. The maximum Gasteiger partial charge on any atom is 0.369 e. The van der Waals surface area contributed by atoms with Crippen LogP contribution in [0.4, 0.5) is 0 Å². The molecule has 1 heterocycles. The fourth-order valence-corrected chi connectivity index (χ4v) is 4.27. The van der Waals surface area contributed by atoms with Gasteiger partial charge < -0.3 is 19.3 Å². The molecule has 2 N–H and O–H groups in total. The zero-order valence-electron chi connectivity index (χ0n) is 9.64. The van der Waals surface area contributed by atoms with E-state index in [1.54, 1.807) is 0 Å². The molecule has 17 heavy (non-hydrogen) atoms. The van der Waals surface area contributed by atoms with E-state index in [9.17, 15) is 13.0 Å². The van der Waals surface area contributed by atoms with Crippen molar-refractivity contribution < 1.29 is 32.2 Å². The molecule has 1 aliphatic rings. The van der Waals surface area contributed by atoms with Crippen molar-refractivity contribution in [2.24, 2.45) is 0 Å². The van der Waals surface area contributed by atoms with Crippen LogP contribution in [0.1, 0.15) is 19.8 Å². The Hall–Kier alpha value is 0.0200. The highest BCUT2D eigenvalue weighted by Crippen LogP contribution is 2.44. The summed E-state index contributed by atoms with van der Waals surface area (Å²) in [5.41, 5.74) is 0. The number of hydrogen-bond acceptors (Lipinski definition) is 5. The molecule has 0 spiro atoms. The molecule has 0 aromatic heterocycles. The van der Waals surface area contributed by atoms with Crippen LogP contribution in [0.3, 0.4) is 0 Å². The van der Waals surface area contributed by atoms with E-state index in [1.807, 2.05) is 6.92 Å². The van der Waals surface area contributed by atoms with Crippen LogP contribution in [0, 0.1) is 0 Å². The predicted molar refractivity (Wildman–Crippen MR) is 60.2 cm³/mol. The lowest BCUT2D eigenvalue weighted by molar-refractivity contribution is -0.00819. The first kappa shape index (κ1) is 15.1. The topological polar surface area (TPSA) is 110 Å². The average Bonchev–Trinajstić information content (AvgIpc) is 2.46. The van der Waals surface area contributed by atoms with Gasteiger partial charge in [0, 0.05) is 6.26 Å². The van der Waals surface area contributed by atoms with Crippen molar-refractivity contribution in [2.75, 3.05) is 12.9 Å². The predicted octanol–water partition coefficient (Wildman–Crippen LogP) is 0.0764. The Bertz CT molecular complexity index is 400. The Labute approximate surface area is 100 Å². The molecule has 0 radical (unpaired) electrons. The highest BCUT2D eigenvalue weighted by molar-refractivity contribution is 7.97. The van der Waals surface area contributed by atoms with Crippen LogP contribution in [0.15, 0.2) is 0 Å². The van der Waals surface area contributed by atoms with Crippen LogP contribution in [-0.4, -0.2) is 48.5 Å². The number of sulfone groups is 1. The molecule has 102 valence electrons. The molecule has 1 unspecified atom stereocenters. The van der Waals surface area contributed by atoms with E-state index in [4.69, 9.17) is 19.3 Å². The molecule has 0 saturated carbocycles. The van der Waals surface area contributed by atoms with E-state index in [1.165, 1.54) is 0 Å². The molecule has 1 rings (SSSR count). The van der Waals surface area contributed by atoms with Gasteiger partial charge >= 0.3 is 7.60 Å². The molecule has 0 bridgehead atoms. The summed E-state index contributed by atoms with van der Waals surface area (Å²) >= 11 is 0. The molecule has 1 aliphatic heterocycles. The first-order valence-electron chi connectivity index (χ1n) is 5.12. The van der Waals surface area contributed by atoms with Crippen molar-refractivity contribution in [3.8, 4) is 0 Å². The maximum atomic E-state index is 11.2. The van der Waals surface area contributed by atoms with Gasteiger partial charge in [0.05, 0.1) is 18.8 Å². The second-order valence-corrected chi connectivity index (χ2v) is 8.29. The first-order valence-corrected chi connectivity index (χ1v) is 8.75. The Morgan fingerprint density at radius 3 is 2.41 bits per heavy atom. The van der Waals surface area contributed by atoms with Crippen LogP contribution >= 0.6 is 7.60 Å². The van der Waals surface area contributed by atoms with Crippen molar-refractivity contribution >= 4 is 17.4 Å². The van der Waals surface area contributed by atoms with Crippen LogP contribution in [0.25, 0.3) is 0 Å². The summed E-state index contributed by atoms with van der Waals surface area (Å²) in [5, 5.41) is -2.10. The van der Waals surface area contributed by atoms with Gasteiger partial charge in [0.15, 0.2) is 9.84 Å². The van der Waals surface area contributed by atoms with Gasteiger partial charge in [-0.15, -0.1) is 0 Å². The third-order valence-electron chi connectivity index (χ3n) is 2.39. The Balaban J connectivity index is 2.60. The van der Waals surface area contributed by atoms with E-state index in [2.05, 4.69) is 0 Å². The molecule has 1 fully saturated rings. The van der Waals surface area contributed by atoms with Crippen molar-refractivity contribution in [3.63, 3.8) is 0 Å². The van der Waals surface area contributed by atoms with E-state index < -0.39 is 22.6 Å². The fraction of sp³-hybridized carbons (Fsp3) is 1.00. The van der Waals surface area contributed by atoms with Gasteiger partial charge in [0.25, 0.3) is 5.18 Å². The van der Waals surface area contributed by atoms with Crippen molar-refractivity contribution in [2.45, 2.75) is 37.2 Å². The molecule has 9 heteroatoms. The van der Waals surface area contributed by atoms with E-state index in [0.29, 0.717) is 6.42 Å². The van der Waals surface area contributed by atoms with Crippen LogP contribution in [0.2, 0.25) is 0 Å². The van der Waals surface area contributed by atoms with Crippen molar-refractivity contribution in [1.29, 1.82) is 0 Å². The van der Waals surface area contributed by atoms with Crippen LogP contribution < -0.4 is 0 Å². The monoisotopic (exact) mass is 288 g/mol. The molecule has 1 saturated heterocycles. The van der Waals surface area contributed by atoms with Crippen molar-refractivity contribution in [1.82, 2.24) is 0 Å². The van der Waals surface area contributed by atoms with E-state index >= 15 is 0 Å². The first-order chi connectivity index (χ1) is 7.60. The smallest absolute Gasteiger partial charge is 0.369 e. The van der Waals surface area contributed by atoms with Gasteiger partial charge in [0.2, 0.25) is 0 Å². The minimum Gasteiger partial charge on any atom is -0.373 e. The van der Waals surface area contributed by atoms with Crippen LogP contribution in [-0.2, 0) is 23.9 Å². The van der Waals surface area contributed by atoms with Gasteiger partial charge in [-0.2, -0.15) is 0 Å². The summed E-state index contributed by atoms with van der Waals surface area (Å²) in [5.74, 6) is 0. The second-order valence-electron chi connectivity index (χ2n) is 4.21. The quantitative estimate of drug-likeness (QED) is 0.689. The zero-order valence-corrected chi connectivity index (χ0v) is 11.4. The SMILES string of the molecule is C[C@H]1CC[C@@H](COC(P(=O)(O)O)S(C)(=O)=O)O1. The number of rotatable bonds is 5. The Morgan fingerprint density at radius 1 is 1.47 bits per heavy atom. The van der Waals surface area contributed by atoms with Gasteiger partial charge in [-0.1, -0.05) is 0 Å². The number of ether oxygens (including phenoxy) is 2. The minimum absolute atomic E-state index is 0.0651. The second kappa shape index (κ2) is 5.34. The zero-order chi connectivity index (χ0) is 13.3. The van der Waals surface area contributed by atoms with E-state index in [0.717, 1.165) is 12.7 Å². The lowest BCUT2D eigenvalue weighted by atomic mass is 10.2. The molecule has 0 aromatic carbocycles.